The number of benzene rings is 1. The van der Waals surface area contributed by atoms with Gasteiger partial charge >= 0.3 is 0 Å². The number of hydrogen-bond donors (Lipinski definition) is 1. The predicted molar refractivity (Wildman–Crippen MR) is 88.5 cm³/mol. The molecular weight excluding hydrogens is 282 g/mol. The van der Waals surface area contributed by atoms with Crippen molar-refractivity contribution >= 4 is 11.3 Å². The average Bonchev–Trinajstić information content (AvgIpc) is 3.01. The van der Waals surface area contributed by atoms with Crippen LogP contribution >= 0.6 is 11.3 Å². The van der Waals surface area contributed by atoms with Gasteiger partial charge < -0.3 is 15.2 Å². The highest BCUT2D eigenvalue weighted by atomic mass is 32.1. The van der Waals surface area contributed by atoms with E-state index in [4.69, 9.17) is 15.2 Å². The van der Waals surface area contributed by atoms with E-state index < -0.39 is 0 Å². The highest BCUT2D eigenvalue weighted by Gasteiger charge is 2.08. The average molecular weight is 305 g/mol. The first-order valence-electron chi connectivity index (χ1n) is 7.30. The molecule has 0 saturated heterocycles. The van der Waals surface area contributed by atoms with Gasteiger partial charge in [-0.2, -0.15) is 0 Å². The smallest absolute Gasteiger partial charge is 0.161 e. The van der Waals surface area contributed by atoms with E-state index in [2.05, 4.69) is 30.5 Å². The summed E-state index contributed by atoms with van der Waals surface area (Å²) in [4.78, 5) is 1.33. The molecule has 3 nitrogen and oxygen atoms in total. The molecule has 0 fully saturated rings. The van der Waals surface area contributed by atoms with Gasteiger partial charge in [-0.15, -0.1) is 11.3 Å². The zero-order valence-corrected chi connectivity index (χ0v) is 13.5. The number of rotatable bonds is 8. The summed E-state index contributed by atoms with van der Waals surface area (Å²) < 4.78 is 11.3. The summed E-state index contributed by atoms with van der Waals surface area (Å²) in [6, 6.07) is 10.4. The van der Waals surface area contributed by atoms with Crippen molar-refractivity contribution in [1.29, 1.82) is 0 Å². The lowest BCUT2D eigenvalue weighted by Gasteiger charge is -2.14. The number of thiophene rings is 1. The van der Waals surface area contributed by atoms with Crippen molar-refractivity contribution in [3.05, 3.63) is 46.2 Å². The molecular formula is C17H23NO2S. The van der Waals surface area contributed by atoms with Gasteiger partial charge in [-0.1, -0.05) is 19.1 Å². The summed E-state index contributed by atoms with van der Waals surface area (Å²) in [6.07, 6.45) is 2.75. The van der Waals surface area contributed by atoms with Crippen LogP contribution < -0.4 is 15.2 Å². The monoisotopic (exact) mass is 305 g/mol. The van der Waals surface area contributed by atoms with Gasteiger partial charge in [0.25, 0.3) is 0 Å². The maximum atomic E-state index is 6.02. The quantitative estimate of drug-likeness (QED) is 0.809. The SMILES string of the molecule is CCC(N)Cc1ccc(OC)c(OCCc2cccs2)c1. The molecule has 4 heteroatoms. The lowest BCUT2D eigenvalue weighted by molar-refractivity contribution is 0.298. The second-order valence-corrected chi connectivity index (χ2v) is 6.07. The first kappa shape index (κ1) is 15.9. The van der Waals surface area contributed by atoms with Gasteiger partial charge in [0.2, 0.25) is 0 Å². The van der Waals surface area contributed by atoms with Gasteiger partial charge in [0.1, 0.15) is 0 Å². The van der Waals surface area contributed by atoms with Crippen LogP contribution in [-0.4, -0.2) is 19.8 Å². The van der Waals surface area contributed by atoms with Crippen LogP contribution in [0.15, 0.2) is 35.7 Å². The first-order chi connectivity index (χ1) is 10.2. The van der Waals surface area contributed by atoms with E-state index in [9.17, 15) is 0 Å². The third-order valence-corrected chi connectivity index (χ3v) is 4.37. The summed E-state index contributed by atoms with van der Waals surface area (Å²) in [6.45, 7) is 2.76. The second kappa shape index (κ2) is 8.05. The van der Waals surface area contributed by atoms with Gasteiger partial charge in [0.15, 0.2) is 11.5 Å². The normalized spacial score (nSPS) is 12.1. The predicted octanol–water partition coefficient (Wildman–Crippen LogP) is 3.66. The number of methoxy groups -OCH3 is 1. The summed E-state index contributed by atoms with van der Waals surface area (Å²) in [7, 11) is 1.67. The van der Waals surface area contributed by atoms with Crippen LogP contribution in [0.1, 0.15) is 23.8 Å². The molecule has 21 heavy (non-hydrogen) atoms. The molecule has 0 spiro atoms. The van der Waals surface area contributed by atoms with Gasteiger partial charge in [-0.25, -0.2) is 0 Å². The molecule has 0 aliphatic carbocycles. The Balaban J connectivity index is 1.99. The highest BCUT2D eigenvalue weighted by molar-refractivity contribution is 7.09. The summed E-state index contributed by atoms with van der Waals surface area (Å²) in [5.41, 5.74) is 7.21. The van der Waals surface area contributed by atoms with E-state index in [1.807, 2.05) is 12.1 Å². The molecule has 2 rings (SSSR count). The largest absolute Gasteiger partial charge is 0.493 e. The van der Waals surface area contributed by atoms with Crippen molar-refractivity contribution in [2.45, 2.75) is 32.2 Å². The molecule has 0 radical (unpaired) electrons. The van der Waals surface area contributed by atoms with Crippen molar-refractivity contribution in [1.82, 2.24) is 0 Å². The van der Waals surface area contributed by atoms with Crippen LogP contribution in [-0.2, 0) is 12.8 Å². The molecule has 0 saturated carbocycles. The van der Waals surface area contributed by atoms with E-state index in [1.54, 1.807) is 18.4 Å². The molecule has 0 amide bonds. The Kier molecular flexibility index (Phi) is 6.08. The van der Waals surface area contributed by atoms with Crippen LogP contribution in [0.4, 0.5) is 0 Å². The lowest BCUT2D eigenvalue weighted by atomic mass is 10.0. The Morgan fingerprint density at radius 2 is 2.10 bits per heavy atom. The number of nitrogens with two attached hydrogens (primary N) is 1. The standard InChI is InChI=1S/C17H23NO2S/c1-3-14(18)11-13-6-7-16(19-2)17(12-13)20-9-8-15-5-4-10-21-15/h4-7,10,12,14H,3,8-9,11,18H2,1-2H3. The van der Waals surface area contributed by atoms with E-state index in [0.29, 0.717) is 6.61 Å². The van der Waals surface area contributed by atoms with E-state index >= 15 is 0 Å². The second-order valence-electron chi connectivity index (χ2n) is 5.04. The molecule has 1 atom stereocenters. The topological polar surface area (TPSA) is 44.5 Å². The highest BCUT2D eigenvalue weighted by Crippen LogP contribution is 2.29. The maximum Gasteiger partial charge on any atom is 0.161 e. The van der Waals surface area contributed by atoms with E-state index in [-0.39, 0.29) is 6.04 Å². The summed E-state index contributed by atoms with van der Waals surface area (Å²) in [5, 5.41) is 2.09. The molecule has 114 valence electrons. The number of hydrogen-bond acceptors (Lipinski definition) is 4. The Bertz CT molecular complexity index is 540. The van der Waals surface area contributed by atoms with Crippen LogP contribution in [0.3, 0.4) is 0 Å². The number of ether oxygens (including phenoxy) is 2. The molecule has 1 aromatic carbocycles. The van der Waals surface area contributed by atoms with Gasteiger partial charge in [-0.05, 0) is 42.0 Å². The van der Waals surface area contributed by atoms with Crippen LogP contribution in [0.2, 0.25) is 0 Å². The summed E-state index contributed by atoms with van der Waals surface area (Å²) >= 11 is 1.75. The summed E-state index contributed by atoms with van der Waals surface area (Å²) in [5.74, 6) is 1.57. The fourth-order valence-electron chi connectivity index (χ4n) is 2.12. The zero-order chi connectivity index (χ0) is 15.1. The molecule has 0 aliphatic heterocycles. The van der Waals surface area contributed by atoms with Crippen molar-refractivity contribution < 1.29 is 9.47 Å². The molecule has 1 unspecified atom stereocenters. The van der Waals surface area contributed by atoms with Crippen molar-refractivity contribution in [2.75, 3.05) is 13.7 Å². The molecule has 1 heterocycles. The van der Waals surface area contributed by atoms with Gasteiger partial charge in [-0.3, -0.25) is 0 Å². The Labute approximate surface area is 130 Å². The minimum absolute atomic E-state index is 0.192. The lowest BCUT2D eigenvalue weighted by Crippen LogP contribution is -2.21. The van der Waals surface area contributed by atoms with Crippen molar-refractivity contribution in [2.24, 2.45) is 5.73 Å². The Morgan fingerprint density at radius 3 is 2.76 bits per heavy atom. The van der Waals surface area contributed by atoms with Crippen molar-refractivity contribution in [3.8, 4) is 11.5 Å². The third kappa shape index (κ3) is 4.76. The van der Waals surface area contributed by atoms with Crippen LogP contribution in [0.25, 0.3) is 0 Å². The van der Waals surface area contributed by atoms with E-state index in [0.717, 1.165) is 30.8 Å². The minimum Gasteiger partial charge on any atom is -0.493 e. The fourth-order valence-corrected chi connectivity index (χ4v) is 2.81. The van der Waals surface area contributed by atoms with Crippen molar-refractivity contribution in [3.63, 3.8) is 0 Å². The van der Waals surface area contributed by atoms with Crippen LogP contribution in [0.5, 0.6) is 11.5 Å². The maximum absolute atomic E-state index is 6.02. The van der Waals surface area contributed by atoms with Crippen LogP contribution in [0, 0.1) is 0 Å². The molecule has 2 N–H and O–H groups in total. The zero-order valence-electron chi connectivity index (χ0n) is 12.7. The Morgan fingerprint density at radius 1 is 1.24 bits per heavy atom. The Hall–Kier alpha value is -1.52. The van der Waals surface area contributed by atoms with Gasteiger partial charge in [0.05, 0.1) is 13.7 Å². The minimum atomic E-state index is 0.192. The first-order valence-corrected chi connectivity index (χ1v) is 8.18. The third-order valence-electron chi connectivity index (χ3n) is 3.44. The molecule has 0 bridgehead atoms. The molecule has 1 aromatic heterocycles. The fraction of sp³-hybridized carbons (Fsp3) is 0.412. The molecule has 0 aliphatic rings. The molecule has 2 aromatic rings. The van der Waals surface area contributed by atoms with E-state index in [1.165, 1.54) is 10.4 Å². The van der Waals surface area contributed by atoms with Gasteiger partial charge in [0, 0.05) is 17.3 Å².